The van der Waals surface area contributed by atoms with Gasteiger partial charge in [0.25, 0.3) is 0 Å². The number of nitrogens with zero attached hydrogens (tertiary/aromatic N) is 1. The molecule has 0 saturated carbocycles. The summed E-state index contributed by atoms with van der Waals surface area (Å²) in [6.45, 7) is 9.55. The van der Waals surface area contributed by atoms with Gasteiger partial charge >= 0.3 is 0 Å². The molecule has 2 aliphatic rings. The first-order valence-electron chi connectivity index (χ1n) is 23.0. The zero-order valence-electron chi connectivity index (χ0n) is 37.2. The molecule has 0 spiro atoms. The Morgan fingerprint density at radius 1 is 0.246 bits per heavy atom. The first-order chi connectivity index (χ1) is 31.7. The predicted octanol–water partition coefficient (Wildman–Crippen LogP) is 17.7. The van der Waals surface area contributed by atoms with E-state index in [0.29, 0.717) is 0 Å². The van der Waals surface area contributed by atoms with Gasteiger partial charge in [0.1, 0.15) is 0 Å². The predicted molar refractivity (Wildman–Crippen MR) is 277 cm³/mol. The quantitative estimate of drug-likeness (QED) is 0.167. The van der Waals surface area contributed by atoms with E-state index in [-0.39, 0.29) is 10.8 Å². The van der Waals surface area contributed by atoms with Gasteiger partial charge in [-0.05, 0) is 195 Å². The van der Waals surface area contributed by atoms with Gasteiger partial charge in [-0.1, -0.05) is 155 Å². The van der Waals surface area contributed by atoms with Crippen LogP contribution in [0.25, 0.3) is 87.6 Å². The lowest BCUT2D eigenvalue weighted by Crippen LogP contribution is -2.15. The maximum Gasteiger partial charge on any atom is 0.0468 e. The molecule has 13 rings (SSSR count). The molecule has 11 aromatic carbocycles. The highest BCUT2D eigenvalue weighted by molar-refractivity contribution is 6.02. The van der Waals surface area contributed by atoms with Crippen LogP contribution in [0.5, 0.6) is 0 Å². The van der Waals surface area contributed by atoms with E-state index in [9.17, 15) is 0 Å². The van der Waals surface area contributed by atoms with Crippen LogP contribution < -0.4 is 4.90 Å². The van der Waals surface area contributed by atoms with Crippen molar-refractivity contribution in [3.63, 3.8) is 0 Å². The van der Waals surface area contributed by atoms with Crippen LogP contribution in [0.1, 0.15) is 49.9 Å². The molecule has 0 aromatic heterocycles. The molecule has 308 valence electrons. The smallest absolute Gasteiger partial charge is 0.0468 e. The average Bonchev–Trinajstić information content (AvgIpc) is 3.68. The fourth-order valence-corrected chi connectivity index (χ4v) is 11.3. The second-order valence-corrected chi connectivity index (χ2v) is 19.4. The Labute approximate surface area is 380 Å². The van der Waals surface area contributed by atoms with Crippen molar-refractivity contribution in [2.45, 2.75) is 38.5 Å². The Balaban J connectivity index is 0.937. The normalized spacial score (nSPS) is 14.1. The Kier molecular flexibility index (Phi) is 8.07. The van der Waals surface area contributed by atoms with Crippen molar-refractivity contribution in [3.8, 4) is 44.5 Å². The van der Waals surface area contributed by atoms with E-state index in [1.165, 1.54) is 110 Å². The topological polar surface area (TPSA) is 3.24 Å². The van der Waals surface area contributed by atoms with Gasteiger partial charge in [-0.3, -0.25) is 0 Å². The maximum absolute atomic E-state index is 2.46. The highest BCUT2D eigenvalue weighted by atomic mass is 15.1. The molecule has 65 heavy (non-hydrogen) atoms. The van der Waals surface area contributed by atoms with Gasteiger partial charge in [-0.2, -0.15) is 0 Å². The molecule has 0 fully saturated rings. The minimum absolute atomic E-state index is 0.119. The Morgan fingerprint density at radius 3 is 0.938 bits per heavy atom. The Bertz CT molecular complexity index is 3550. The lowest BCUT2D eigenvalue weighted by atomic mass is 9.81. The number of rotatable bonds is 5. The van der Waals surface area contributed by atoms with Crippen molar-refractivity contribution in [3.05, 3.63) is 235 Å². The summed E-state index contributed by atoms with van der Waals surface area (Å²) >= 11 is 0. The van der Waals surface area contributed by atoms with Crippen LogP contribution in [-0.4, -0.2) is 0 Å². The molecule has 0 N–H and O–H groups in total. The van der Waals surface area contributed by atoms with E-state index in [1.807, 2.05) is 0 Å². The van der Waals surface area contributed by atoms with Crippen LogP contribution >= 0.6 is 0 Å². The molecule has 2 aliphatic carbocycles. The third-order valence-electron chi connectivity index (χ3n) is 14.9. The number of fused-ring (bicyclic) bond motifs is 10. The van der Waals surface area contributed by atoms with Gasteiger partial charge in [-0.15, -0.1) is 0 Å². The van der Waals surface area contributed by atoms with Crippen LogP contribution in [0, 0.1) is 0 Å². The summed E-state index contributed by atoms with van der Waals surface area (Å²) in [6.07, 6.45) is 0. The molecule has 0 heterocycles. The van der Waals surface area contributed by atoms with E-state index in [0.717, 1.165) is 17.1 Å². The van der Waals surface area contributed by atoms with Gasteiger partial charge in [0.15, 0.2) is 0 Å². The zero-order valence-corrected chi connectivity index (χ0v) is 37.2. The molecule has 11 aromatic rings. The van der Waals surface area contributed by atoms with E-state index in [1.54, 1.807) is 0 Å². The van der Waals surface area contributed by atoms with Gasteiger partial charge in [0, 0.05) is 27.9 Å². The third kappa shape index (κ3) is 5.85. The van der Waals surface area contributed by atoms with Crippen molar-refractivity contribution in [2.75, 3.05) is 4.90 Å². The van der Waals surface area contributed by atoms with Gasteiger partial charge in [0.05, 0.1) is 0 Å². The molecule has 0 unspecified atom stereocenters. The van der Waals surface area contributed by atoms with E-state index >= 15 is 0 Å². The molecule has 0 atom stereocenters. The zero-order chi connectivity index (χ0) is 43.6. The second-order valence-electron chi connectivity index (χ2n) is 19.4. The van der Waals surface area contributed by atoms with Crippen LogP contribution in [0.3, 0.4) is 0 Å². The summed E-state index contributed by atoms with van der Waals surface area (Å²) in [4.78, 5) is 2.45. The highest BCUT2D eigenvalue weighted by Gasteiger charge is 2.37. The molecule has 1 nitrogen and oxygen atoms in total. The number of hydrogen-bond donors (Lipinski definition) is 0. The fourth-order valence-electron chi connectivity index (χ4n) is 11.3. The molecule has 1 heteroatoms. The standard InChI is InChI=1S/C64H47N/c1-63(2)59-36-46-16-10-8-14-44(46)32-55(59)57-34-48-24-28-53(30-50(48)38-61(57)63)65(52-26-22-43(23-27-52)42-20-18-41(19-21-42)40-12-6-5-7-13-40)54-29-25-49-35-58-56-33-45-15-9-11-17-47(45)37-60(56)64(3,4)62(58)39-51(49)31-54/h5-39H,1-4H3. The summed E-state index contributed by atoms with van der Waals surface area (Å²) in [6, 6.07) is 79.7. The van der Waals surface area contributed by atoms with Crippen molar-refractivity contribution >= 4 is 60.2 Å². The molecule has 0 amide bonds. The fraction of sp³-hybridized carbons (Fsp3) is 0.0938. The summed E-state index contributed by atoms with van der Waals surface area (Å²) in [7, 11) is 0. The Morgan fingerprint density at radius 2 is 0.538 bits per heavy atom. The van der Waals surface area contributed by atoms with Crippen LogP contribution in [0.4, 0.5) is 17.1 Å². The maximum atomic E-state index is 2.46. The van der Waals surface area contributed by atoms with E-state index in [2.05, 4.69) is 245 Å². The minimum Gasteiger partial charge on any atom is -0.310 e. The lowest BCUT2D eigenvalue weighted by Gasteiger charge is -2.27. The highest BCUT2D eigenvalue weighted by Crippen LogP contribution is 2.53. The van der Waals surface area contributed by atoms with Gasteiger partial charge < -0.3 is 4.90 Å². The van der Waals surface area contributed by atoms with Crippen LogP contribution in [0.15, 0.2) is 212 Å². The first kappa shape index (κ1) is 37.8. The monoisotopic (exact) mass is 829 g/mol. The summed E-state index contributed by atoms with van der Waals surface area (Å²) in [5.41, 5.74) is 19.0. The first-order valence-corrected chi connectivity index (χ1v) is 23.0. The number of benzene rings is 11. The Hall–Kier alpha value is -7.74. The molecule has 0 bridgehead atoms. The molecular weight excluding hydrogens is 783 g/mol. The van der Waals surface area contributed by atoms with Gasteiger partial charge in [-0.25, -0.2) is 0 Å². The van der Waals surface area contributed by atoms with Crippen LogP contribution in [0.2, 0.25) is 0 Å². The lowest BCUT2D eigenvalue weighted by molar-refractivity contribution is 0.662. The molecule has 0 saturated heterocycles. The van der Waals surface area contributed by atoms with Crippen molar-refractivity contribution in [2.24, 2.45) is 0 Å². The van der Waals surface area contributed by atoms with Crippen molar-refractivity contribution in [1.29, 1.82) is 0 Å². The third-order valence-corrected chi connectivity index (χ3v) is 14.9. The second kappa shape index (κ2) is 13.9. The van der Waals surface area contributed by atoms with E-state index in [4.69, 9.17) is 0 Å². The van der Waals surface area contributed by atoms with Gasteiger partial charge in [0.2, 0.25) is 0 Å². The average molecular weight is 830 g/mol. The van der Waals surface area contributed by atoms with Crippen LogP contribution in [-0.2, 0) is 10.8 Å². The number of hydrogen-bond acceptors (Lipinski definition) is 1. The molecular formula is C64H47N. The molecule has 0 radical (unpaired) electrons. The summed E-state index contributed by atoms with van der Waals surface area (Å²) < 4.78 is 0. The summed E-state index contributed by atoms with van der Waals surface area (Å²) in [5.74, 6) is 0. The summed E-state index contributed by atoms with van der Waals surface area (Å²) in [5, 5.41) is 10.2. The van der Waals surface area contributed by atoms with Crippen molar-refractivity contribution < 1.29 is 0 Å². The minimum atomic E-state index is -0.119. The number of anilines is 3. The molecule has 0 aliphatic heterocycles. The largest absolute Gasteiger partial charge is 0.310 e. The van der Waals surface area contributed by atoms with Crippen molar-refractivity contribution in [1.82, 2.24) is 0 Å². The SMILES string of the molecule is CC1(C)c2cc3ccccc3cc2-c2cc3ccc(N(c4ccc(-c5ccc(-c6ccccc6)cc5)cc4)c4ccc5cc6c(cc5c4)C(C)(C)c4cc5ccccc5cc4-6)cc3cc21. The van der Waals surface area contributed by atoms with E-state index < -0.39 is 0 Å².